The summed E-state index contributed by atoms with van der Waals surface area (Å²) in [7, 11) is 4.07. The van der Waals surface area contributed by atoms with Gasteiger partial charge in [-0.2, -0.15) is 0 Å². The number of H-pyrrole nitrogens is 1. The standard InChI is InChI=1S/C20H20BN2O6PS/c1-4-13-9-23(19(24)22-18(13)31)16-6-5-15(27-16)20(21,25)29-30-26-10-14-8-11(2)7-12(3)17(14)28-30/h1,7-9,15-16,25H,5-6,10H2,2-3H3,(H,22,24,31). The first-order valence-corrected chi connectivity index (χ1v) is 11.1. The quantitative estimate of drug-likeness (QED) is 0.239. The monoisotopic (exact) mass is 458 g/mol. The molecule has 4 rings (SSSR count). The average Bonchev–Trinajstić information content (AvgIpc) is 3.19. The number of terminal acetylenes is 1. The molecule has 11 heteroatoms. The summed E-state index contributed by atoms with van der Waals surface area (Å²) < 4.78 is 24.3. The molecule has 3 heterocycles. The number of aromatic nitrogens is 2. The maximum absolute atomic E-state index is 12.3. The lowest BCUT2D eigenvalue weighted by molar-refractivity contribution is -0.172. The molecule has 2 aromatic rings. The van der Waals surface area contributed by atoms with E-state index in [4.69, 9.17) is 44.8 Å². The SMILES string of the molecule is [B]C(O)(OP1OCc2cc(C)cc(C)c2O1)C1CCC(n2cc(C#C)c(=S)[nH]c2=O)O1. The molecule has 0 saturated carbocycles. The van der Waals surface area contributed by atoms with Crippen LogP contribution in [0.25, 0.3) is 0 Å². The molecule has 8 nitrogen and oxygen atoms in total. The van der Waals surface area contributed by atoms with Crippen molar-refractivity contribution >= 4 is 28.7 Å². The molecule has 2 aliphatic heterocycles. The molecule has 0 bridgehead atoms. The van der Waals surface area contributed by atoms with Crippen molar-refractivity contribution in [2.45, 2.75) is 51.3 Å². The van der Waals surface area contributed by atoms with Crippen LogP contribution in [0, 0.1) is 30.8 Å². The number of ether oxygens (including phenoxy) is 1. The van der Waals surface area contributed by atoms with E-state index in [-0.39, 0.29) is 11.2 Å². The Labute approximate surface area is 186 Å². The zero-order valence-corrected chi connectivity index (χ0v) is 18.7. The zero-order chi connectivity index (χ0) is 22.3. The number of rotatable bonds is 4. The van der Waals surface area contributed by atoms with Gasteiger partial charge in [-0.25, -0.2) is 4.79 Å². The Balaban J connectivity index is 1.46. The molecule has 1 fully saturated rings. The van der Waals surface area contributed by atoms with Gasteiger partial charge in [-0.3, -0.25) is 18.6 Å². The van der Waals surface area contributed by atoms with E-state index in [0.717, 1.165) is 16.7 Å². The van der Waals surface area contributed by atoms with Crippen molar-refractivity contribution < 1.29 is 23.4 Å². The van der Waals surface area contributed by atoms with Gasteiger partial charge in [0.2, 0.25) is 0 Å². The van der Waals surface area contributed by atoms with E-state index in [0.29, 0.717) is 24.2 Å². The minimum atomic E-state index is -2.18. The number of aromatic amines is 1. The van der Waals surface area contributed by atoms with Gasteiger partial charge in [0.25, 0.3) is 0 Å². The van der Waals surface area contributed by atoms with Crippen molar-refractivity contribution in [3.05, 3.63) is 55.7 Å². The molecule has 31 heavy (non-hydrogen) atoms. The van der Waals surface area contributed by atoms with Crippen molar-refractivity contribution in [1.82, 2.24) is 9.55 Å². The number of nitrogens with zero attached hydrogens (tertiary/aromatic N) is 1. The molecule has 1 aromatic heterocycles. The first-order chi connectivity index (χ1) is 14.7. The van der Waals surface area contributed by atoms with Gasteiger partial charge in [0.05, 0.1) is 12.2 Å². The summed E-state index contributed by atoms with van der Waals surface area (Å²) in [4.78, 5) is 14.8. The van der Waals surface area contributed by atoms with E-state index in [1.807, 2.05) is 26.0 Å². The van der Waals surface area contributed by atoms with Crippen LogP contribution >= 0.6 is 20.8 Å². The van der Waals surface area contributed by atoms with Crippen LogP contribution in [0.1, 0.15) is 41.3 Å². The van der Waals surface area contributed by atoms with Gasteiger partial charge in [-0.1, -0.05) is 35.8 Å². The number of benzene rings is 1. The lowest BCUT2D eigenvalue weighted by atomic mass is 9.88. The largest absolute Gasteiger partial charge is 0.426 e. The van der Waals surface area contributed by atoms with Gasteiger partial charge >= 0.3 is 14.3 Å². The minimum absolute atomic E-state index is 0.178. The van der Waals surface area contributed by atoms with E-state index in [9.17, 15) is 9.90 Å². The van der Waals surface area contributed by atoms with E-state index in [1.54, 1.807) is 0 Å². The van der Waals surface area contributed by atoms with Crippen molar-refractivity contribution in [3.8, 4) is 18.1 Å². The van der Waals surface area contributed by atoms with Crippen molar-refractivity contribution in [2.24, 2.45) is 0 Å². The highest BCUT2D eigenvalue weighted by molar-refractivity contribution is 7.71. The summed E-state index contributed by atoms with van der Waals surface area (Å²) >= 11 is 5.03. The van der Waals surface area contributed by atoms with Crippen LogP contribution < -0.4 is 10.2 Å². The smallest absolute Gasteiger partial charge is 0.399 e. The summed E-state index contributed by atoms with van der Waals surface area (Å²) in [5.41, 5.74) is 0.650. The molecular formula is C20H20BN2O6PS. The highest BCUT2D eigenvalue weighted by Gasteiger charge is 2.44. The van der Waals surface area contributed by atoms with Gasteiger partial charge in [-0.15, -0.1) is 6.42 Å². The topological polar surface area (TPSA) is 94.9 Å². The molecule has 1 aromatic carbocycles. The normalized spacial score (nSPS) is 24.6. The third-order valence-corrected chi connectivity index (χ3v) is 6.54. The summed E-state index contributed by atoms with van der Waals surface area (Å²) in [5, 5.41) is 10.7. The summed E-state index contributed by atoms with van der Waals surface area (Å²) in [6.45, 7) is 4.20. The zero-order valence-electron chi connectivity index (χ0n) is 17.0. The fourth-order valence-corrected chi connectivity index (χ4v) is 5.01. The fraction of sp³-hybridized carbons (Fsp3) is 0.400. The third-order valence-electron chi connectivity index (χ3n) is 5.10. The molecule has 0 aliphatic carbocycles. The van der Waals surface area contributed by atoms with Crippen LogP contribution in [-0.2, 0) is 20.4 Å². The molecule has 0 spiro atoms. The molecule has 4 unspecified atom stereocenters. The molecule has 0 amide bonds. The van der Waals surface area contributed by atoms with Crippen molar-refractivity contribution in [1.29, 1.82) is 0 Å². The molecule has 2 radical (unpaired) electrons. The second kappa shape index (κ2) is 8.51. The van der Waals surface area contributed by atoms with Crippen molar-refractivity contribution in [3.63, 3.8) is 0 Å². The Bertz CT molecular complexity index is 1170. The van der Waals surface area contributed by atoms with Crippen LogP contribution in [-0.4, -0.2) is 34.3 Å². The summed E-state index contributed by atoms with van der Waals surface area (Å²) in [6.07, 6.45) is 6.00. The number of nitrogens with one attached hydrogen (secondary N) is 1. The number of aliphatic hydroxyl groups is 1. The van der Waals surface area contributed by atoms with Crippen LogP contribution in [0.5, 0.6) is 5.75 Å². The van der Waals surface area contributed by atoms with Crippen LogP contribution in [0.2, 0.25) is 0 Å². The van der Waals surface area contributed by atoms with E-state index < -0.39 is 32.3 Å². The lowest BCUT2D eigenvalue weighted by Gasteiger charge is -2.34. The highest BCUT2D eigenvalue weighted by atomic mass is 32.1. The summed E-state index contributed by atoms with van der Waals surface area (Å²) in [6, 6.07) is 3.96. The minimum Gasteiger partial charge on any atom is -0.426 e. The van der Waals surface area contributed by atoms with Gasteiger partial charge in [0.15, 0.2) is 13.5 Å². The van der Waals surface area contributed by atoms with Crippen LogP contribution in [0.4, 0.5) is 0 Å². The first kappa shape index (κ1) is 22.2. The van der Waals surface area contributed by atoms with Gasteiger partial charge in [0.1, 0.15) is 22.7 Å². The van der Waals surface area contributed by atoms with E-state index in [2.05, 4.69) is 10.9 Å². The predicted molar refractivity (Wildman–Crippen MR) is 117 cm³/mol. The van der Waals surface area contributed by atoms with E-state index in [1.165, 1.54) is 10.8 Å². The maximum Gasteiger partial charge on any atom is 0.399 e. The third kappa shape index (κ3) is 4.49. The number of hydrogen-bond donors (Lipinski definition) is 2. The number of aryl methyl sites for hydroxylation is 2. The van der Waals surface area contributed by atoms with Crippen LogP contribution in [0.3, 0.4) is 0 Å². The highest BCUT2D eigenvalue weighted by Crippen LogP contribution is 2.51. The second-order valence-electron chi connectivity index (χ2n) is 7.51. The Kier molecular flexibility index (Phi) is 6.10. The fourth-order valence-electron chi connectivity index (χ4n) is 3.66. The van der Waals surface area contributed by atoms with Crippen molar-refractivity contribution in [2.75, 3.05) is 0 Å². The molecular weight excluding hydrogens is 438 g/mol. The average molecular weight is 458 g/mol. The Morgan fingerprint density at radius 2 is 2.23 bits per heavy atom. The van der Waals surface area contributed by atoms with Crippen LogP contribution in [0.15, 0.2) is 23.1 Å². The molecule has 2 N–H and O–H groups in total. The Hall–Kier alpha value is -1.99. The second-order valence-corrected chi connectivity index (χ2v) is 8.99. The number of fused-ring (bicyclic) bond motifs is 1. The molecule has 2 aliphatic rings. The Morgan fingerprint density at radius 3 is 2.97 bits per heavy atom. The molecule has 1 saturated heterocycles. The summed E-state index contributed by atoms with van der Waals surface area (Å²) in [5.74, 6) is 3.08. The number of hydrogen-bond acceptors (Lipinski definition) is 7. The van der Waals surface area contributed by atoms with Gasteiger partial charge in [-0.05, 0) is 32.3 Å². The maximum atomic E-state index is 12.3. The van der Waals surface area contributed by atoms with Gasteiger partial charge < -0.3 is 14.4 Å². The molecule has 160 valence electrons. The lowest BCUT2D eigenvalue weighted by Crippen LogP contribution is -2.45. The predicted octanol–water partition coefficient (Wildman–Crippen LogP) is 2.85. The first-order valence-electron chi connectivity index (χ1n) is 9.57. The van der Waals surface area contributed by atoms with E-state index >= 15 is 0 Å². The molecule has 4 atom stereocenters. The Morgan fingerprint density at radius 1 is 1.45 bits per heavy atom. The van der Waals surface area contributed by atoms with Gasteiger partial charge in [0, 0.05) is 11.8 Å².